The fourth-order valence-corrected chi connectivity index (χ4v) is 3.10. The van der Waals surface area contributed by atoms with Crippen LogP contribution in [0.1, 0.15) is 21.9 Å². The van der Waals surface area contributed by atoms with Crippen molar-refractivity contribution >= 4 is 11.6 Å². The number of para-hydroxylation sites is 1. The van der Waals surface area contributed by atoms with Crippen LogP contribution in [0.3, 0.4) is 0 Å². The van der Waals surface area contributed by atoms with E-state index >= 15 is 0 Å². The second-order valence-corrected chi connectivity index (χ2v) is 6.28. The van der Waals surface area contributed by atoms with Gasteiger partial charge in [0.1, 0.15) is 29.4 Å². The number of methoxy groups -OCH3 is 1. The largest absolute Gasteiger partial charge is 0.487 e. The number of amides is 1. The lowest BCUT2D eigenvalue weighted by Crippen LogP contribution is -2.40. The fourth-order valence-electron chi connectivity index (χ4n) is 3.10. The monoisotopic (exact) mass is 364 g/mol. The average molecular weight is 364 g/mol. The minimum absolute atomic E-state index is 0.122. The number of nitrogens with zero attached hydrogens (tertiary/aromatic N) is 4. The van der Waals surface area contributed by atoms with Crippen molar-refractivity contribution in [2.45, 2.75) is 20.1 Å². The lowest BCUT2D eigenvalue weighted by atomic mass is 10.2. The molecule has 7 nitrogen and oxygen atoms in total. The lowest BCUT2D eigenvalue weighted by Gasteiger charge is -2.28. The summed E-state index contributed by atoms with van der Waals surface area (Å²) in [5, 5.41) is 4.50. The Morgan fingerprint density at radius 3 is 2.70 bits per heavy atom. The maximum Gasteiger partial charge on any atom is 0.276 e. The third kappa shape index (κ3) is 3.36. The zero-order valence-electron chi connectivity index (χ0n) is 15.3. The summed E-state index contributed by atoms with van der Waals surface area (Å²) in [6.45, 7) is 3.31. The summed E-state index contributed by atoms with van der Waals surface area (Å²) in [7, 11) is 1.56. The summed E-state index contributed by atoms with van der Waals surface area (Å²) in [5.74, 6) is 1.10. The Bertz CT molecular complexity index is 969. The first-order valence-corrected chi connectivity index (χ1v) is 8.74. The van der Waals surface area contributed by atoms with E-state index in [1.807, 2.05) is 49.4 Å². The average Bonchev–Trinajstić information content (AvgIpc) is 3.12. The van der Waals surface area contributed by atoms with Gasteiger partial charge in [0.05, 0.1) is 13.7 Å². The van der Waals surface area contributed by atoms with E-state index in [1.54, 1.807) is 22.8 Å². The van der Waals surface area contributed by atoms with Crippen molar-refractivity contribution in [2.75, 3.05) is 18.6 Å². The Balaban J connectivity index is 1.55. The molecule has 1 aromatic carbocycles. The summed E-state index contributed by atoms with van der Waals surface area (Å²) < 4.78 is 12.8. The van der Waals surface area contributed by atoms with E-state index in [0.717, 1.165) is 17.1 Å². The van der Waals surface area contributed by atoms with E-state index in [1.165, 1.54) is 0 Å². The van der Waals surface area contributed by atoms with Gasteiger partial charge in [-0.05, 0) is 37.3 Å². The van der Waals surface area contributed by atoms with Gasteiger partial charge >= 0.3 is 0 Å². The fraction of sp³-hybridized carbons (Fsp3) is 0.250. The molecule has 2 aromatic heterocycles. The molecule has 0 radical (unpaired) electrons. The van der Waals surface area contributed by atoms with Gasteiger partial charge in [0.2, 0.25) is 5.88 Å². The van der Waals surface area contributed by atoms with E-state index < -0.39 is 0 Å². The molecule has 1 amide bonds. The molecule has 0 spiro atoms. The third-order valence-electron chi connectivity index (χ3n) is 4.42. The molecule has 0 saturated carbocycles. The van der Waals surface area contributed by atoms with Gasteiger partial charge in [-0.15, -0.1) is 0 Å². The van der Waals surface area contributed by atoms with Crippen LogP contribution in [0.4, 0.5) is 5.69 Å². The first kappa shape index (κ1) is 17.1. The molecule has 7 heteroatoms. The standard InChI is InChI=1S/C20H20N4O3/c1-14-8-9-17(19(21-14)26-2)23-10-11-24-18(20(23)25)12-15(22-24)13-27-16-6-4-3-5-7-16/h3-9,12H,10-11,13H2,1-2H3. The molecule has 0 aliphatic carbocycles. The zero-order valence-corrected chi connectivity index (χ0v) is 15.3. The van der Waals surface area contributed by atoms with Crippen LogP contribution in [0, 0.1) is 6.92 Å². The molecule has 0 unspecified atom stereocenters. The number of carbonyl (C=O) groups is 1. The first-order valence-electron chi connectivity index (χ1n) is 8.74. The van der Waals surface area contributed by atoms with Crippen molar-refractivity contribution in [2.24, 2.45) is 0 Å². The number of pyridine rings is 1. The Kier molecular flexibility index (Phi) is 4.50. The van der Waals surface area contributed by atoms with Crippen molar-refractivity contribution in [3.05, 3.63) is 65.6 Å². The van der Waals surface area contributed by atoms with E-state index in [2.05, 4.69) is 10.1 Å². The van der Waals surface area contributed by atoms with Crippen LogP contribution in [-0.2, 0) is 13.2 Å². The maximum absolute atomic E-state index is 13.0. The number of carbonyl (C=O) groups excluding carboxylic acids is 1. The van der Waals surface area contributed by atoms with Crippen LogP contribution >= 0.6 is 0 Å². The van der Waals surface area contributed by atoms with Gasteiger partial charge in [0.25, 0.3) is 5.91 Å². The smallest absolute Gasteiger partial charge is 0.276 e. The number of aromatic nitrogens is 3. The molecule has 27 heavy (non-hydrogen) atoms. The van der Waals surface area contributed by atoms with Gasteiger partial charge in [-0.1, -0.05) is 18.2 Å². The number of rotatable bonds is 5. The van der Waals surface area contributed by atoms with Crippen LogP contribution in [0.5, 0.6) is 11.6 Å². The van der Waals surface area contributed by atoms with E-state index in [0.29, 0.717) is 37.0 Å². The van der Waals surface area contributed by atoms with Gasteiger partial charge in [-0.3, -0.25) is 9.48 Å². The topological polar surface area (TPSA) is 69.5 Å². The molecule has 0 N–H and O–H groups in total. The lowest BCUT2D eigenvalue weighted by molar-refractivity contribution is 0.0961. The van der Waals surface area contributed by atoms with Crippen molar-refractivity contribution in [3.63, 3.8) is 0 Å². The summed E-state index contributed by atoms with van der Waals surface area (Å²) in [6.07, 6.45) is 0. The molecule has 0 atom stereocenters. The van der Waals surface area contributed by atoms with Crippen LogP contribution in [0.2, 0.25) is 0 Å². The van der Waals surface area contributed by atoms with Crippen LogP contribution < -0.4 is 14.4 Å². The molecular weight excluding hydrogens is 344 g/mol. The predicted octanol–water partition coefficient (Wildman–Crippen LogP) is 2.83. The second-order valence-electron chi connectivity index (χ2n) is 6.28. The molecular formula is C20H20N4O3. The van der Waals surface area contributed by atoms with Crippen molar-refractivity contribution in [3.8, 4) is 11.6 Å². The Hall–Kier alpha value is -3.35. The van der Waals surface area contributed by atoms with Gasteiger partial charge in [0, 0.05) is 12.2 Å². The number of fused-ring (bicyclic) bond motifs is 1. The number of aryl methyl sites for hydroxylation is 1. The Morgan fingerprint density at radius 1 is 1.11 bits per heavy atom. The van der Waals surface area contributed by atoms with E-state index in [4.69, 9.17) is 9.47 Å². The van der Waals surface area contributed by atoms with Gasteiger partial charge < -0.3 is 14.4 Å². The predicted molar refractivity (Wildman–Crippen MR) is 100 cm³/mol. The van der Waals surface area contributed by atoms with Gasteiger partial charge in [-0.25, -0.2) is 4.98 Å². The Labute approximate surface area is 157 Å². The molecule has 138 valence electrons. The highest BCUT2D eigenvalue weighted by atomic mass is 16.5. The molecule has 3 heterocycles. The minimum atomic E-state index is -0.122. The molecule has 0 saturated heterocycles. The SMILES string of the molecule is COc1nc(C)ccc1N1CCn2nc(COc3ccccc3)cc2C1=O. The normalized spacial score (nSPS) is 13.4. The molecule has 0 bridgehead atoms. The highest BCUT2D eigenvalue weighted by molar-refractivity contribution is 6.06. The third-order valence-corrected chi connectivity index (χ3v) is 4.42. The van der Waals surface area contributed by atoms with Crippen LogP contribution in [-0.4, -0.2) is 34.3 Å². The number of benzene rings is 1. The number of hydrogen-bond acceptors (Lipinski definition) is 5. The van der Waals surface area contributed by atoms with E-state index in [-0.39, 0.29) is 5.91 Å². The number of anilines is 1. The first-order chi connectivity index (χ1) is 13.2. The maximum atomic E-state index is 13.0. The van der Waals surface area contributed by atoms with Crippen molar-refractivity contribution < 1.29 is 14.3 Å². The van der Waals surface area contributed by atoms with Crippen LogP contribution in [0.15, 0.2) is 48.5 Å². The summed E-state index contributed by atoms with van der Waals surface area (Å²) in [5.41, 5.74) is 2.77. The minimum Gasteiger partial charge on any atom is -0.487 e. The van der Waals surface area contributed by atoms with E-state index in [9.17, 15) is 4.79 Å². The summed E-state index contributed by atoms with van der Waals surface area (Å²) in [6, 6.07) is 15.1. The Morgan fingerprint density at radius 2 is 1.93 bits per heavy atom. The molecule has 0 fully saturated rings. The highest BCUT2D eigenvalue weighted by Gasteiger charge is 2.29. The molecule has 1 aliphatic rings. The number of hydrogen-bond donors (Lipinski definition) is 0. The van der Waals surface area contributed by atoms with Gasteiger partial charge in [-0.2, -0.15) is 5.10 Å². The van der Waals surface area contributed by atoms with Crippen molar-refractivity contribution in [1.82, 2.24) is 14.8 Å². The van der Waals surface area contributed by atoms with Crippen molar-refractivity contribution in [1.29, 1.82) is 0 Å². The van der Waals surface area contributed by atoms with Gasteiger partial charge in [0.15, 0.2) is 0 Å². The molecule has 1 aliphatic heterocycles. The van der Waals surface area contributed by atoms with Crippen LogP contribution in [0.25, 0.3) is 0 Å². The second kappa shape index (κ2) is 7.11. The summed E-state index contributed by atoms with van der Waals surface area (Å²) in [4.78, 5) is 19.1. The number of ether oxygens (including phenoxy) is 2. The summed E-state index contributed by atoms with van der Waals surface area (Å²) >= 11 is 0. The zero-order chi connectivity index (χ0) is 18.8. The highest BCUT2D eigenvalue weighted by Crippen LogP contribution is 2.29. The molecule has 3 aromatic rings. The quantitative estimate of drug-likeness (QED) is 0.696. The molecule has 4 rings (SSSR count).